The highest BCUT2D eigenvalue weighted by Gasteiger charge is 2.25. The highest BCUT2D eigenvalue weighted by atomic mass is 16.5. The molecule has 2 heteroatoms. The number of benzene rings is 1. The second kappa shape index (κ2) is 4.11. The van der Waals surface area contributed by atoms with E-state index in [0.29, 0.717) is 12.5 Å². The topological polar surface area (TPSA) is 35.2 Å². The summed E-state index contributed by atoms with van der Waals surface area (Å²) in [5.74, 6) is 0.545. The van der Waals surface area contributed by atoms with Gasteiger partial charge in [-0.1, -0.05) is 29.8 Å². The number of nitrogens with two attached hydrogens (primary N) is 1. The quantitative estimate of drug-likeness (QED) is 0.774. The Hall–Kier alpha value is -0.860. The summed E-state index contributed by atoms with van der Waals surface area (Å²) in [7, 11) is 0. The average Bonchev–Trinajstić information content (AvgIpc) is 2.66. The van der Waals surface area contributed by atoms with E-state index in [1.165, 1.54) is 11.1 Å². The smallest absolute Gasteiger partial charge is 0.0704 e. The first-order valence-electron chi connectivity index (χ1n) is 5.18. The summed E-state index contributed by atoms with van der Waals surface area (Å²) in [6, 6.07) is 8.66. The van der Waals surface area contributed by atoms with Gasteiger partial charge in [0.25, 0.3) is 0 Å². The fraction of sp³-hybridized carbons (Fsp3) is 0.500. The molecule has 0 spiro atoms. The van der Waals surface area contributed by atoms with Gasteiger partial charge < -0.3 is 10.5 Å². The van der Waals surface area contributed by atoms with Crippen LogP contribution in [0.3, 0.4) is 0 Å². The molecule has 0 bridgehead atoms. The van der Waals surface area contributed by atoms with Gasteiger partial charge in [-0.05, 0) is 18.9 Å². The third-order valence-electron chi connectivity index (χ3n) is 2.86. The van der Waals surface area contributed by atoms with Crippen molar-refractivity contribution in [2.45, 2.75) is 25.4 Å². The molecule has 1 aromatic rings. The zero-order chi connectivity index (χ0) is 9.97. The summed E-state index contributed by atoms with van der Waals surface area (Å²) >= 11 is 0. The van der Waals surface area contributed by atoms with E-state index in [0.717, 1.165) is 13.0 Å². The lowest BCUT2D eigenvalue weighted by molar-refractivity contribution is 0.116. The molecule has 0 aromatic heterocycles. The van der Waals surface area contributed by atoms with Gasteiger partial charge in [0.1, 0.15) is 0 Å². The molecule has 1 aliphatic rings. The Morgan fingerprint density at radius 1 is 1.50 bits per heavy atom. The van der Waals surface area contributed by atoms with Gasteiger partial charge in [-0.25, -0.2) is 0 Å². The van der Waals surface area contributed by atoms with Gasteiger partial charge in [0.05, 0.1) is 12.7 Å². The van der Waals surface area contributed by atoms with Gasteiger partial charge in [-0.15, -0.1) is 0 Å². The Kier molecular flexibility index (Phi) is 2.85. The lowest BCUT2D eigenvalue weighted by atomic mass is 9.95. The third kappa shape index (κ3) is 1.97. The van der Waals surface area contributed by atoms with Crippen LogP contribution in [0.15, 0.2) is 24.3 Å². The lowest BCUT2D eigenvalue weighted by Gasteiger charge is -2.08. The molecule has 0 saturated carbocycles. The molecule has 1 fully saturated rings. The van der Waals surface area contributed by atoms with Crippen LogP contribution < -0.4 is 5.73 Å². The zero-order valence-corrected chi connectivity index (χ0v) is 8.57. The molecule has 14 heavy (non-hydrogen) atoms. The Balaban J connectivity index is 2.09. The molecule has 1 aliphatic heterocycles. The van der Waals surface area contributed by atoms with Gasteiger partial charge in [0.2, 0.25) is 0 Å². The van der Waals surface area contributed by atoms with Gasteiger partial charge in [0.15, 0.2) is 0 Å². The van der Waals surface area contributed by atoms with Crippen LogP contribution in [0, 0.1) is 6.92 Å². The van der Waals surface area contributed by atoms with Crippen molar-refractivity contribution in [1.29, 1.82) is 0 Å². The largest absolute Gasteiger partial charge is 0.376 e. The minimum Gasteiger partial charge on any atom is -0.376 e. The molecule has 2 rings (SSSR count). The molecule has 76 valence electrons. The van der Waals surface area contributed by atoms with E-state index in [1.54, 1.807) is 0 Å². The van der Waals surface area contributed by atoms with Crippen LogP contribution in [-0.4, -0.2) is 19.3 Å². The molecular weight excluding hydrogens is 174 g/mol. The predicted octanol–water partition coefficient (Wildman–Crippen LogP) is 1.83. The fourth-order valence-corrected chi connectivity index (χ4v) is 2.03. The first-order chi connectivity index (χ1) is 6.79. The summed E-state index contributed by atoms with van der Waals surface area (Å²) in [5, 5.41) is 0. The fourth-order valence-electron chi connectivity index (χ4n) is 2.03. The van der Waals surface area contributed by atoms with Crippen molar-refractivity contribution in [3.63, 3.8) is 0 Å². The van der Waals surface area contributed by atoms with E-state index >= 15 is 0 Å². The van der Waals surface area contributed by atoms with Gasteiger partial charge in [0, 0.05) is 12.5 Å². The summed E-state index contributed by atoms with van der Waals surface area (Å²) in [4.78, 5) is 0. The van der Waals surface area contributed by atoms with Crippen LogP contribution in [0.2, 0.25) is 0 Å². The van der Waals surface area contributed by atoms with Crippen molar-refractivity contribution in [2.24, 2.45) is 5.73 Å². The third-order valence-corrected chi connectivity index (χ3v) is 2.86. The van der Waals surface area contributed by atoms with E-state index in [4.69, 9.17) is 10.5 Å². The minimum absolute atomic E-state index is 0.264. The molecule has 0 aliphatic carbocycles. The Morgan fingerprint density at radius 3 is 3.00 bits per heavy atom. The molecule has 0 amide bonds. The number of hydrogen-bond acceptors (Lipinski definition) is 2. The van der Waals surface area contributed by atoms with Crippen LogP contribution in [-0.2, 0) is 4.74 Å². The Bertz CT molecular complexity index is 311. The molecule has 1 saturated heterocycles. The second-order valence-corrected chi connectivity index (χ2v) is 4.04. The molecule has 2 N–H and O–H groups in total. The summed E-state index contributed by atoms with van der Waals surface area (Å²) < 4.78 is 5.58. The van der Waals surface area contributed by atoms with Crippen LogP contribution in [0.4, 0.5) is 0 Å². The van der Waals surface area contributed by atoms with E-state index in [-0.39, 0.29) is 6.10 Å². The number of rotatable bonds is 2. The Morgan fingerprint density at radius 2 is 2.36 bits per heavy atom. The summed E-state index contributed by atoms with van der Waals surface area (Å²) in [6.45, 7) is 3.59. The van der Waals surface area contributed by atoms with Crippen molar-refractivity contribution < 1.29 is 4.74 Å². The van der Waals surface area contributed by atoms with Crippen LogP contribution in [0.1, 0.15) is 23.5 Å². The Labute approximate surface area is 85.1 Å². The van der Waals surface area contributed by atoms with Gasteiger partial charge in [-0.3, -0.25) is 0 Å². The maximum Gasteiger partial charge on any atom is 0.0704 e. The lowest BCUT2D eigenvalue weighted by Crippen LogP contribution is -2.18. The zero-order valence-electron chi connectivity index (χ0n) is 8.57. The van der Waals surface area contributed by atoms with Crippen LogP contribution >= 0.6 is 0 Å². The predicted molar refractivity (Wildman–Crippen MR) is 57.3 cm³/mol. The van der Waals surface area contributed by atoms with Crippen molar-refractivity contribution >= 4 is 0 Å². The first-order valence-corrected chi connectivity index (χ1v) is 5.18. The first kappa shape index (κ1) is 9.69. The maximum atomic E-state index is 5.58. The van der Waals surface area contributed by atoms with Crippen molar-refractivity contribution in [2.75, 3.05) is 13.2 Å². The van der Waals surface area contributed by atoms with Gasteiger partial charge >= 0.3 is 0 Å². The van der Waals surface area contributed by atoms with Crippen molar-refractivity contribution in [3.8, 4) is 0 Å². The summed E-state index contributed by atoms with van der Waals surface area (Å²) in [6.07, 6.45) is 1.33. The van der Waals surface area contributed by atoms with E-state index < -0.39 is 0 Å². The standard InChI is InChI=1S/C12H17NO/c1-9-3-2-4-10(5-9)11-6-12(7-13)14-8-11/h2-5,11-12H,6-8,13H2,1H3/t11-,12-/m0/s1. The van der Waals surface area contributed by atoms with Gasteiger partial charge in [-0.2, -0.15) is 0 Å². The molecular formula is C12H17NO. The second-order valence-electron chi connectivity index (χ2n) is 4.04. The van der Waals surface area contributed by atoms with Crippen LogP contribution in [0.5, 0.6) is 0 Å². The number of ether oxygens (including phenoxy) is 1. The average molecular weight is 191 g/mol. The van der Waals surface area contributed by atoms with E-state index in [1.807, 2.05) is 0 Å². The highest BCUT2D eigenvalue weighted by molar-refractivity contribution is 5.26. The molecule has 2 atom stereocenters. The molecule has 1 aromatic carbocycles. The minimum atomic E-state index is 0.264. The maximum absolute atomic E-state index is 5.58. The summed E-state index contributed by atoms with van der Waals surface area (Å²) in [5.41, 5.74) is 8.29. The molecule has 2 nitrogen and oxygen atoms in total. The van der Waals surface area contributed by atoms with Crippen LogP contribution in [0.25, 0.3) is 0 Å². The highest BCUT2D eigenvalue weighted by Crippen LogP contribution is 2.29. The monoisotopic (exact) mass is 191 g/mol. The van der Waals surface area contributed by atoms with E-state index in [2.05, 4.69) is 31.2 Å². The molecule has 0 radical (unpaired) electrons. The van der Waals surface area contributed by atoms with Crippen molar-refractivity contribution in [1.82, 2.24) is 0 Å². The number of hydrogen-bond donors (Lipinski definition) is 1. The molecule has 1 heterocycles. The van der Waals surface area contributed by atoms with Crippen molar-refractivity contribution in [3.05, 3.63) is 35.4 Å². The SMILES string of the molecule is Cc1cccc([C@@H]2CO[C@H](CN)C2)c1. The normalized spacial score (nSPS) is 26.7. The molecule has 0 unspecified atom stereocenters. The van der Waals surface area contributed by atoms with E-state index in [9.17, 15) is 0 Å². The number of aryl methyl sites for hydroxylation is 1.